The number of ketones is 1. The first-order valence-electron chi connectivity index (χ1n) is 6.08. The molecule has 1 rings (SSSR count). The Morgan fingerprint density at radius 2 is 1.89 bits per heavy atom. The topological polar surface area (TPSA) is 46.6 Å². The Morgan fingerprint density at radius 1 is 1.22 bits per heavy atom. The van der Waals surface area contributed by atoms with Crippen molar-refractivity contribution in [2.45, 2.75) is 20.3 Å². The molecule has 0 heterocycles. The zero-order valence-corrected chi connectivity index (χ0v) is 10.9. The van der Waals surface area contributed by atoms with Crippen LogP contribution in [0.5, 0.6) is 5.75 Å². The van der Waals surface area contributed by atoms with E-state index in [1.165, 1.54) is 6.92 Å². The van der Waals surface area contributed by atoms with Gasteiger partial charge in [-0.1, -0.05) is 18.2 Å². The van der Waals surface area contributed by atoms with Crippen LogP contribution in [0.2, 0.25) is 0 Å². The molecule has 0 aromatic heterocycles. The van der Waals surface area contributed by atoms with Gasteiger partial charge < -0.3 is 9.64 Å². The van der Waals surface area contributed by atoms with E-state index in [4.69, 9.17) is 4.74 Å². The number of para-hydroxylation sites is 1. The number of likely N-dealkylation sites (N-methyl/N-ethyl adjacent to an activating group) is 1. The largest absolute Gasteiger partial charge is 0.492 e. The lowest BCUT2D eigenvalue weighted by molar-refractivity contribution is -0.134. The molecule has 4 heteroatoms. The second-order valence-electron chi connectivity index (χ2n) is 4.01. The van der Waals surface area contributed by atoms with Gasteiger partial charge in [0.05, 0.1) is 13.0 Å². The van der Waals surface area contributed by atoms with Crippen LogP contribution in [0.15, 0.2) is 30.3 Å². The van der Waals surface area contributed by atoms with Crippen molar-refractivity contribution in [3.63, 3.8) is 0 Å². The zero-order valence-electron chi connectivity index (χ0n) is 10.9. The number of carbonyl (C=O) groups excluding carboxylic acids is 2. The van der Waals surface area contributed by atoms with Crippen LogP contribution in [0.3, 0.4) is 0 Å². The summed E-state index contributed by atoms with van der Waals surface area (Å²) in [6.07, 6.45) is -0.0286. The molecule has 0 bridgehead atoms. The van der Waals surface area contributed by atoms with Gasteiger partial charge in [-0.3, -0.25) is 9.59 Å². The predicted molar refractivity (Wildman–Crippen MR) is 69.5 cm³/mol. The Labute approximate surface area is 108 Å². The van der Waals surface area contributed by atoms with E-state index < -0.39 is 0 Å². The van der Waals surface area contributed by atoms with Crippen molar-refractivity contribution >= 4 is 11.7 Å². The summed E-state index contributed by atoms with van der Waals surface area (Å²) in [6.45, 7) is 4.83. The molecule has 0 saturated carbocycles. The summed E-state index contributed by atoms with van der Waals surface area (Å²) in [4.78, 5) is 24.2. The molecule has 98 valence electrons. The van der Waals surface area contributed by atoms with Gasteiger partial charge in [0, 0.05) is 6.54 Å². The van der Waals surface area contributed by atoms with Crippen molar-refractivity contribution in [1.29, 1.82) is 0 Å². The Morgan fingerprint density at radius 3 is 2.44 bits per heavy atom. The van der Waals surface area contributed by atoms with Gasteiger partial charge in [0.2, 0.25) is 5.91 Å². The molecule has 0 N–H and O–H groups in total. The fourth-order valence-electron chi connectivity index (χ4n) is 1.57. The lowest BCUT2D eigenvalue weighted by Crippen LogP contribution is -2.35. The molecule has 1 aromatic carbocycles. The summed E-state index contributed by atoms with van der Waals surface area (Å²) < 4.78 is 5.51. The molecule has 1 aromatic rings. The van der Waals surface area contributed by atoms with E-state index in [-0.39, 0.29) is 18.1 Å². The average Bonchev–Trinajstić information content (AvgIpc) is 2.35. The van der Waals surface area contributed by atoms with Crippen LogP contribution in [0.1, 0.15) is 20.3 Å². The summed E-state index contributed by atoms with van der Waals surface area (Å²) in [5.41, 5.74) is 0. The maximum absolute atomic E-state index is 11.7. The molecule has 0 unspecified atom stereocenters. The molecule has 4 nitrogen and oxygen atoms in total. The molecule has 0 spiro atoms. The number of rotatable bonds is 7. The third-order valence-corrected chi connectivity index (χ3v) is 2.51. The van der Waals surface area contributed by atoms with Crippen LogP contribution < -0.4 is 4.74 Å². The highest BCUT2D eigenvalue weighted by molar-refractivity contribution is 5.96. The highest BCUT2D eigenvalue weighted by atomic mass is 16.5. The van der Waals surface area contributed by atoms with Gasteiger partial charge in [0.25, 0.3) is 0 Å². The minimum atomic E-state index is -0.137. The van der Waals surface area contributed by atoms with Crippen molar-refractivity contribution < 1.29 is 14.3 Å². The van der Waals surface area contributed by atoms with Crippen LogP contribution in [0, 0.1) is 0 Å². The summed E-state index contributed by atoms with van der Waals surface area (Å²) in [6, 6.07) is 9.45. The summed E-state index contributed by atoms with van der Waals surface area (Å²) in [5, 5.41) is 0. The van der Waals surface area contributed by atoms with Crippen LogP contribution in [-0.2, 0) is 9.59 Å². The molecule has 0 fully saturated rings. The second-order valence-corrected chi connectivity index (χ2v) is 4.01. The SMILES string of the molecule is CCN(CCOc1ccccc1)C(=O)CC(C)=O. The van der Waals surface area contributed by atoms with Gasteiger partial charge in [-0.15, -0.1) is 0 Å². The third-order valence-electron chi connectivity index (χ3n) is 2.51. The first-order chi connectivity index (χ1) is 8.63. The molecular formula is C14H19NO3. The van der Waals surface area contributed by atoms with E-state index in [1.54, 1.807) is 4.90 Å². The van der Waals surface area contributed by atoms with Gasteiger partial charge in [-0.25, -0.2) is 0 Å². The van der Waals surface area contributed by atoms with E-state index >= 15 is 0 Å². The first kappa shape index (κ1) is 14.2. The molecule has 0 radical (unpaired) electrons. The monoisotopic (exact) mass is 249 g/mol. The summed E-state index contributed by atoms with van der Waals surface area (Å²) in [5.74, 6) is 0.539. The van der Waals surface area contributed by atoms with Crippen LogP contribution >= 0.6 is 0 Å². The Kier molecular flexibility index (Phi) is 5.91. The minimum absolute atomic E-state index is 0.0286. The molecule has 0 aliphatic heterocycles. The maximum atomic E-state index is 11.7. The molecular weight excluding hydrogens is 230 g/mol. The normalized spacial score (nSPS) is 9.89. The van der Waals surface area contributed by atoms with Gasteiger partial charge in [0.15, 0.2) is 0 Å². The molecule has 0 aliphatic carbocycles. The smallest absolute Gasteiger partial charge is 0.230 e. The van der Waals surface area contributed by atoms with E-state index in [1.807, 2.05) is 37.3 Å². The fourth-order valence-corrected chi connectivity index (χ4v) is 1.57. The number of ether oxygens (including phenoxy) is 1. The molecule has 1 amide bonds. The number of amides is 1. The third kappa shape index (κ3) is 4.99. The molecule has 0 saturated heterocycles. The Balaban J connectivity index is 2.36. The van der Waals surface area contributed by atoms with Crippen molar-refractivity contribution in [3.05, 3.63) is 30.3 Å². The van der Waals surface area contributed by atoms with Crippen molar-refractivity contribution in [2.75, 3.05) is 19.7 Å². The number of nitrogens with zero attached hydrogens (tertiary/aromatic N) is 1. The average molecular weight is 249 g/mol. The maximum Gasteiger partial charge on any atom is 0.230 e. The van der Waals surface area contributed by atoms with E-state index in [0.29, 0.717) is 19.7 Å². The summed E-state index contributed by atoms with van der Waals surface area (Å²) >= 11 is 0. The van der Waals surface area contributed by atoms with E-state index in [0.717, 1.165) is 5.75 Å². The number of carbonyl (C=O) groups is 2. The van der Waals surface area contributed by atoms with Gasteiger partial charge in [-0.05, 0) is 26.0 Å². The highest BCUT2D eigenvalue weighted by Gasteiger charge is 2.13. The molecule has 0 aliphatic rings. The fraction of sp³-hybridized carbons (Fsp3) is 0.429. The first-order valence-corrected chi connectivity index (χ1v) is 6.08. The minimum Gasteiger partial charge on any atom is -0.492 e. The van der Waals surface area contributed by atoms with Crippen LogP contribution in [-0.4, -0.2) is 36.3 Å². The van der Waals surface area contributed by atoms with Crippen molar-refractivity contribution in [3.8, 4) is 5.75 Å². The quantitative estimate of drug-likeness (QED) is 0.693. The lowest BCUT2D eigenvalue weighted by Gasteiger charge is -2.20. The van der Waals surface area contributed by atoms with Crippen LogP contribution in [0.25, 0.3) is 0 Å². The van der Waals surface area contributed by atoms with E-state index in [9.17, 15) is 9.59 Å². The number of hydrogen-bond donors (Lipinski definition) is 0. The molecule has 0 atom stereocenters. The standard InChI is InChI=1S/C14H19NO3/c1-3-15(14(17)11-12(2)16)9-10-18-13-7-5-4-6-8-13/h4-8H,3,9-11H2,1-2H3. The van der Waals surface area contributed by atoms with Gasteiger partial charge in [-0.2, -0.15) is 0 Å². The van der Waals surface area contributed by atoms with Gasteiger partial charge in [0.1, 0.15) is 18.1 Å². The van der Waals surface area contributed by atoms with Crippen molar-refractivity contribution in [1.82, 2.24) is 4.90 Å². The van der Waals surface area contributed by atoms with Gasteiger partial charge >= 0.3 is 0 Å². The lowest BCUT2D eigenvalue weighted by atomic mass is 10.3. The van der Waals surface area contributed by atoms with Crippen molar-refractivity contribution in [2.24, 2.45) is 0 Å². The zero-order chi connectivity index (χ0) is 13.4. The summed E-state index contributed by atoms with van der Waals surface area (Å²) in [7, 11) is 0. The highest BCUT2D eigenvalue weighted by Crippen LogP contribution is 2.08. The number of Topliss-reactive ketones (excluding diaryl/α,β-unsaturated/α-hetero) is 1. The number of hydrogen-bond acceptors (Lipinski definition) is 3. The Bertz CT molecular complexity index is 389. The number of benzene rings is 1. The predicted octanol–water partition coefficient (Wildman–Crippen LogP) is 1.89. The molecule has 18 heavy (non-hydrogen) atoms. The van der Waals surface area contributed by atoms with Crippen LogP contribution in [0.4, 0.5) is 0 Å². The second kappa shape index (κ2) is 7.48. The Hall–Kier alpha value is -1.84. The van der Waals surface area contributed by atoms with E-state index in [2.05, 4.69) is 0 Å².